The third-order valence-electron chi connectivity index (χ3n) is 2.82. The van der Waals surface area contributed by atoms with E-state index >= 15 is 0 Å². The van der Waals surface area contributed by atoms with Gasteiger partial charge in [-0.1, -0.05) is 29.8 Å². The number of sulfone groups is 1. The first-order valence-electron chi connectivity index (χ1n) is 5.70. The van der Waals surface area contributed by atoms with E-state index in [-0.39, 0.29) is 18.1 Å². The minimum Gasteiger partial charge on any atom is -0.384 e. The molecule has 0 bridgehead atoms. The van der Waals surface area contributed by atoms with Crippen molar-refractivity contribution in [3.8, 4) is 0 Å². The lowest BCUT2D eigenvalue weighted by atomic mass is 10.1. The second-order valence-electron chi connectivity index (χ2n) is 4.23. The molecule has 0 aliphatic rings. The summed E-state index contributed by atoms with van der Waals surface area (Å²) < 4.78 is 28.5. The zero-order valence-electron chi connectivity index (χ0n) is 10.8. The Hall–Kier alpha value is -1.20. The van der Waals surface area contributed by atoms with Gasteiger partial charge < -0.3 is 4.74 Å². The summed E-state index contributed by atoms with van der Waals surface area (Å²) in [6, 6.07) is 6.89. The molecular formula is C13H18O4S. The highest BCUT2D eigenvalue weighted by molar-refractivity contribution is 7.92. The Morgan fingerprint density at radius 2 is 1.83 bits per heavy atom. The number of methoxy groups -OCH3 is 1. The summed E-state index contributed by atoms with van der Waals surface area (Å²) >= 11 is 0. The lowest BCUT2D eigenvalue weighted by Crippen LogP contribution is -2.30. The van der Waals surface area contributed by atoms with Crippen LogP contribution in [0.1, 0.15) is 22.8 Å². The molecule has 0 N–H and O–H groups in total. The quantitative estimate of drug-likeness (QED) is 0.737. The van der Waals surface area contributed by atoms with Crippen LogP contribution in [0.15, 0.2) is 24.3 Å². The predicted octanol–water partition coefficient (Wildman–Crippen LogP) is 1.63. The molecule has 1 aromatic carbocycles. The van der Waals surface area contributed by atoms with Gasteiger partial charge in [-0.2, -0.15) is 0 Å². The molecule has 0 saturated heterocycles. The number of hydrogen-bond donors (Lipinski definition) is 0. The van der Waals surface area contributed by atoms with Crippen LogP contribution in [0, 0.1) is 6.92 Å². The summed E-state index contributed by atoms with van der Waals surface area (Å²) in [5.74, 6) is -0.506. The first-order valence-corrected chi connectivity index (χ1v) is 7.41. The molecule has 0 heterocycles. The molecule has 0 fully saturated rings. The highest BCUT2D eigenvalue weighted by Gasteiger charge is 2.28. The molecule has 0 aromatic heterocycles. The molecule has 100 valence electrons. The zero-order chi connectivity index (χ0) is 13.8. The molecule has 1 unspecified atom stereocenters. The number of ketones is 1. The topological polar surface area (TPSA) is 60.4 Å². The van der Waals surface area contributed by atoms with Gasteiger partial charge in [0.25, 0.3) is 0 Å². The Morgan fingerprint density at radius 3 is 2.33 bits per heavy atom. The first kappa shape index (κ1) is 14.9. The highest BCUT2D eigenvalue weighted by atomic mass is 32.2. The van der Waals surface area contributed by atoms with Crippen molar-refractivity contribution in [1.82, 2.24) is 0 Å². The zero-order valence-corrected chi connectivity index (χ0v) is 11.7. The van der Waals surface area contributed by atoms with Crippen molar-refractivity contribution >= 4 is 15.6 Å². The average Bonchev–Trinajstić information content (AvgIpc) is 2.35. The van der Waals surface area contributed by atoms with Crippen LogP contribution in [0.2, 0.25) is 0 Å². The van der Waals surface area contributed by atoms with Gasteiger partial charge in [-0.25, -0.2) is 8.42 Å². The number of carbonyl (C=O) groups excluding carboxylic acids is 1. The number of rotatable bonds is 6. The summed E-state index contributed by atoms with van der Waals surface area (Å²) in [6.45, 7) is 3.44. The van der Waals surface area contributed by atoms with E-state index in [1.165, 1.54) is 14.0 Å². The molecule has 0 amide bonds. The fourth-order valence-electron chi connectivity index (χ4n) is 1.49. The number of Topliss-reactive ketones (excluding diaryl/α,β-unsaturated/α-hetero) is 1. The van der Waals surface area contributed by atoms with Gasteiger partial charge in [0, 0.05) is 12.7 Å². The van der Waals surface area contributed by atoms with Crippen molar-refractivity contribution in [1.29, 1.82) is 0 Å². The van der Waals surface area contributed by atoms with Crippen LogP contribution in [0.4, 0.5) is 0 Å². The van der Waals surface area contributed by atoms with Gasteiger partial charge in [-0.15, -0.1) is 0 Å². The van der Waals surface area contributed by atoms with Gasteiger partial charge in [-0.3, -0.25) is 4.79 Å². The molecule has 18 heavy (non-hydrogen) atoms. The number of carbonyl (C=O) groups is 1. The molecular weight excluding hydrogens is 252 g/mol. The van der Waals surface area contributed by atoms with E-state index in [4.69, 9.17) is 4.74 Å². The number of hydrogen-bond acceptors (Lipinski definition) is 4. The normalized spacial score (nSPS) is 13.3. The molecule has 0 aliphatic heterocycles. The maximum absolute atomic E-state index is 12.0. The molecule has 0 radical (unpaired) electrons. The van der Waals surface area contributed by atoms with Crippen molar-refractivity contribution in [2.75, 3.05) is 19.5 Å². The fraction of sp³-hybridized carbons (Fsp3) is 0.462. The number of ether oxygens (including phenoxy) is 1. The Morgan fingerprint density at radius 1 is 1.28 bits per heavy atom. The molecule has 5 heteroatoms. The van der Waals surface area contributed by atoms with Gasteiger partial charge in [0.15, 0.2) is 15.6 Å². The number of aryl methyl sites for hydroxylation is 1. The van der Waals surface area contributed by atoms with Crippen LogP contribution in [0.3, 0.4) is 0 Å². The molecule has 0 aliphatic carbocycles. The first-order chi connectivity index (χ1) is 8.38. The van der Waals surface area contributed by atoms with Crippen molar-refractivity contribution in [2.24, 2.45) is 0 Å². The third-order valence-corrected chi connectivity index (χ3v) is 4.84. The second kappa shape index (κ2) is 6.11. The van der Waals surface area contributed by atoms with Gasteiger partial charge in [0.1, 0.15) is 5.25 Å². The fourth-order valence-corrected chi connectivity index (χ4v) is 2.71. The van der Waals surface area contributed by atoms with E-state index < -0.39 is 15.1 Å². The average molecular weight is 270 g/mol. The monoisotopic (exact) mass is 270 g/mol. The second-order valence-corrected chi connectivity index (χ2v) is 6.67. The van der Waals surface area contributed by atoms with Crippen LogP contribution in [-0.2, 0) is 14.6 Å². The summed E-state index contributed by atoms with van der Waals surface area (Å²) in [5.41, 5.74) is 1.45. The molecule has 1 rings (SSSR count). The molecule has 4 nitrogen and oxygen atoms in total. The summed E-state index contributed by atoms with van der Waals surface area (Å²) in [5, 5.41) is -1.03. The Balaban J connectivity index is 2.87. The van der Waals surface area contributed by atoms with Crippen LogP contribution < -0.4 is 0 Å². The molecule has 0 spiro atoms. The molecule has 1 atom stereocenters. The smallest absolute Gasteiger partial charge is 0.180 e. The van der Waals surface area contributed by atoms with E-state index in [9.17, 15) is 13.2 Å². The molecule has 1 aromatic rings. The third kappa shape index (κ3) is 3.65. The molecule has 0 saturated carbocycles. The minimum absolute atomic E-state index is 0.105. The Bertz CT molecular complexity index is 502. The van der Waals surface area contributed by atoms with Gasteiger partial charge >= 0.3 is 0 Å². The van der Waals surface area contributed by atoms with Crippen molar-refractivity contribution in [3.63, 3.8) is 0 Å². The van der Waals surface area contributed by atoms with Crippen LogP contribution in [-0.4, -0.2) is 38.9 Å². The summed E-state index contributed by atoms with van der Waals surface area (Å²) in [7, 11) is -2.02. The van der Waals surface area contributed by atoms with E-state index in [0.717, 1.165) is 5.56 Å². The maximum atomic E-state index is 12.0. The predicted molar refractivity (Wildman–Crippen MR) is 70.6 cm³/mol. The Labute approximate surface area is 108 Å². The van der Waals surface area contributed by atoms with Crippen molar-refractivity contribution in [3.05, 3.63) is 35.4 Å². The van der Waals surface area contributed by atoms with Crippen LogP contribution in [0.5, 0.6) is 0 Å². The van der Waals surface area contributed by atoms with Gasteiger partial charge in [-0.05, 0) is 13.8 Å². The summed E-state index contributed by atoms with van der Waals surface area (Å²) in [6.07, 6.45) is 0. The minimum atomic E-state index is -3.45. The maximum Gasteiger partial charge on any atom is 0.180 e. The Kier molecular flexibility index (Phi) is 5.04. The largest absolute Gasteiger partial charge is 0.384 e. The SMILES string of the molecule is COCCS(=O)(=O)C(C)C(=O)c1ccc(C)cc1. The van der Waals surface area contributed by atoms with Crippen molar-refractivity contribution in [2.45, 2.75) is 19.1 Å². The number of benzene rings is 1. The summed E-state index contributed by atoms with van der Waals surface area (Å²) in [4.78, 5) is 12.0. The van der Waals surface area contributed by atoms with E-state index in [2.05, 4.69) is 0 Å². The highest BCUT2D eigenvalue weighted by Crippen LogP contribution is 2.12. The van der Waals surface area contributed by atoms with Gasteiger partial charge in [0.05, 0.1) is 12.4 Å². The van der Waals surface area contributed by atoms with E-state index in [0.29, 0.717) is 5.56 Å². The van der Waals surface area contributed by atoms with E-state index in [1.807, 2.05) is 6.92 Å². The van der Waals surface area contributed by atoms with Crippen LogP contribution in [0.25, 0.3) is 0 Å². The van der Waals surface area contributed by atoms with Gasteiger partial charge in [0.2, 0.25) is 0 Å². The van der Waals surface area contributed by atoms with Crippen LogP contribution >= 0.6 is 0 Å². The van der Waals surface area contributed by atoms with E-state index in [1.54, 1.807) is 24.3 Å². The lowest BCUT2D eigenvalue weighted by molar-refractivity contribution is 0.0991. The standard InChI is InChI=1S/C13H18O4S/c1-10-4-6-12(7-5-10)13(14)11(2)18(15,16)9-8-17-3/h4-7,11H,8-9H2,1-3H3. The van der Waals surface area contributed by atoms with Crippen molar-refractivity contribution < 1.29 is 17.9 Å². The lowest BCUT2D eigenvalue weighted by Gasteiger charge is -2.11.